The number of carbonyl (C=O) groups excluding carboxylic acids is 1. The maximum Gasteiger partial charge on any atom is 0.227 e. The number of amides is 1. The zero-order valence-corrected chi connectivity index (χ0v) is 12.1. The maximum atomic E-state index is 12.2. The monoisotopic (exact) mass is 311 g/mol. The van der Waals surface area contributed by atoms with Crippen LogP contribution in [0.4, 0.5) is 0 Å². The minimum Gasteiger partial charge on any atom is -0.493 e. The lowest BCUT2D eigenvalue weighted by Gasteiger charge is -2.25. The van der Waals surface area contributed by atoms with E-state index in [1.807, 2.05) is 24.3 Å². The lowest BCUT2D eigenvalue weighted by molar-refractivity contribution is -0.123. The highest BCUT2D eigenvalue weighted by Crippen LogP contribution is 2.33. The predicted molar refractivity (Wildman–Crippen MR) is 75.3 cm³/mol. The number of nitrogens with one attached hydrogen (secondary N) is 1. The third kappa shape index (κ3) is 3.25. The van der Waals surface area contributed by atoms with Crippen LogP contribution in [-0.2, 0) is 4.79 Å². The number of rotatable bonds is 4. The van der Waals surface area contributed by atoms with Crippen molar-refractivity contribution in [1.82, 2.24) is 5.32 Å². The van der Waals surface area contributed by atoms with Crippen LogP contribution in [0.2, 0.25) is 0 Å². The Morgan fingerprint density at radius 2 is 2.33 bits per heavy atom. The van der Waals surface area contributed by atoms with Crippen molar-refractivity contribution in [3.8, 4) is 5.75 Å². The molecular formula is C14H18BrNO2. The van der Waals surface area contributed by atoms with Crippen LogP contribution in [-0.4, -0.2) is 23.9 Å². The summed E-state index contributed by atoms with van der Waals surface area (Å²) in [5.41, 5.74) is 1.01. The fourth-order valence-electron chi connectivity index (χ4n) is 2.13. The van der Waals surface area contributed by atoms with Gasteiger partial charge in [-0.1, -0.05) is 41.1 Å². The molecule has 3 nitrogen and oxygen atoms in total. The van der Waals surface area contributed by atoms with Crippen LogP contribution in [0.3, 0.4) is 0 Å². The SMILES string of the molecule is CC(Br)CCNC(=O)C1CCOc2ccccc21. The van der Waals surface area contributed by atoms with Crippen LogP contribution in [0.15, 0.2) is 24.3 Å². The van der Waals surface area contributed by atoms with Gasteiger partial charge in [-0.2, -0.15) is 0 Å². The minimum atomic E-state index is -0.0689. The average molecular weight is 312 g/mol. The number of alkyl halides is 1. The third-order valence-electron chi connectivity index (χ3n) is 3.12. The van der Waals surface area contributed by atoms with E-state index in [-0.39, 0.29) is 11.8 Å². The molecule has 1 aliphatic rings. The summed E-state index contributed by atoms with van der Waals surface area (Å²) in [6.45, 7) is 3.41. The lowest BCUT2D eigenvalue weighted by atomic mass is 9.92. The molecule has 0 aromatic heterocycles. The number of ether oxygens (including phenoxy) is 1. The van der Waals surface area contributed by atoms with Gasteiger partial charge in [0.15, 0.2) is 0 Å². The zero-order valence-electron chi connectivity index (χ0n) is 10.5. The van der Waals surface area contributed by atoms with Gasteiger partial charge in [0.2, 0.25) is 5.91 Å². The molecule has 2 rings (SSSR count). The predicted octanol–water partition coefficient (Wildman–Crippen LogP) is 2.84. The number of halogens is 1. The Hall–Kier alpha value is -1.03. The number of para-hydroxylation sites is 1. The van der Waals surface area contributed by atoms with Gasteiger partial charge in [0.05, 0.1) is 12.5 Å². The summed E-state index contributed by atoms with van der Waals surface area (Å²) in [6, 6.07) is 7.79. The van der Waals surface area contributed by atoms with Gasteiger partial charge in [0, 0.05) is 16.9 Å². The van der Waals surface area contributed by atoms with Crippen LogP contribution in [0.5, 0.6) is 5.75 Å². The highest BCUT2D eigenvalue weighted by molar-refractivity contribution is 9.09. The van der Waals surface area contributed by atoms with Gasteiger partial charge in [0.25, 0.3) is 0 Å². The summed E-state index contributed by atoms with van der Waals surface area (Å²) < 4.78 is 5.56. The summed E-state index contributed by atoms with van der Waals surface area (Å²) in [6.07, 6.45) is 1.70. The Bertz CT molecular complexity index is 420. The molecule has 0 saturated heterocycles. The maximum absolute atomic E-state index is 12.2. The first-order valence-corrected chi connectivity index (χ1v) is 7.23. The van der Waals surface area contributed by atoms with Crippen molar-refractivity contribution in [2.24, 2.45) is 0 Å². The second-order valence-corrected chi connectivity index (χ2v) is 6.15. The normalized spacial score (nSPS) is 19.6. The van der Waals surface area contributed by atoms with Gasteiger partial charge < -0.3 is 10.1 Å². The van der Waals surface area contributed by atoms with Crippen molar-refractivity contribution in [3.05, 3.63) is 29.8 Å². The van der Waals surface area contributed by atoms with Crippen molar-refractivity contribution in [3.63, 3.8) is 0 Å². The fraction of sp³-hybridized carbons (Fsp3) is 0.500. The van der Waals surface area contributed by atoms with E-state index in [4.69, 9.17) is 4.74 Å². The topological polar surface area (TPSA) is 38.3 Å². The molecule has 1 N–H and O–H groups in total. The second-order valence-electron chi connectivity index (χ2n) is 4.59. The van der Waals surface area contributed by atoms with Gasteiger partial charge in [-0.15, -0.1) is 0 Å². The smallest absolute Gasteiger partial charge is 0.227 e. The van der Waals surface area contributed by atoms with Gasteiger partial charge >= 0.3 is 0 Å². The Kier molecular flexibility index (Phi) is 4.64. The van der Waals surface area contributed by atoms with Crippen LogP contribution in [0.1, 0.15) is 31.2 Å². The van der Waals surface area contributed by atoms with E-state index < -0.39 is 0 Å². The molecule has 4 heteroatoms. The number of hydrogen-bond donors (Lipinski definition) is 1. The summed E-state index contributed by atoms with van der Waals surface area (Å²) in [5.74, 6) is 0.886. The minimum absolute atomic E-state index is 0.0689. The van der Waals surface area contributed by atoms with Crippen molar-refractivity contribution in [2.75, 3.05) is 13.2 Å². The highest BCUT2D eigenvalue weighted by atomic mass is 79.9. The van der Waals surface area contributed by atoms with E-state index in [0.29, 0.717) is 18.0 Å². The first kappa shape index (κ1) is 13.4. The van der Waals surface area contributed by atoms with Crippen molar-refractivity contribution in [2.45, 2.75) is 30.5 Å². The van der Waals surface area contributed by atoms with E-state index in [9.17, 15) is 4.79 Å². The number of benzene rings is 1. The highest BCUT2D eigenvalue weighted by Gasteiger charge is 2.26. The molecule has 0 radical (unpaired) electrons. The quantitative estimate of drug-likeness (QED) is 0.868. The zero-order chi connectivity index (χ0) is 13.0. The van der Waals surface area contributed by atoms with Crippen LogP contribution >= 0.6 is 15.9 Å². The van der Waals surface area contributed by atoms with Gasteiger partial charge in [0.1, 0.15) is 5.75 Å². The Morgan fingerprint density at radius 1 is 1.56 bits per heavy atom. The summed E-state index contributed by atoms with van der Waals surface area (Å²) in [4.78, 5) is 12.6. The molecule has 0 aliphatic carbocycles. The first-order chi connectivity index (χ1) is 8.68. The fourth-order valence-corrected chi connectivity index (χ4v) is 2.36. The molecule has 1 amide bonds. The standard InChI is InChI=1S/C14H18BrNO2/c1-10(15)6-8-16-14(17)12-7-9-18-13-5-3-2-4-11(12)13/h2-5,10,12H,6-9H2,1H3,(H,16,17). The van der Waals surface area contributed by atoms with Crippen LogP contribution in [0.25, 0.3) is 0 Å². The second kappa shape index (κ2) is 6.23. The molecule has 1 aromatic carbocycles. The van der Waals surface area contributed by atoms with Gasteiger partial charge in [-0.3, -0.25) is 4.79 Å². The molecule has 0 spiro atoms. The molecule has 18 heavy (non-hydrogen) atoms. The van der Waals surface area contributed by atoms with Crippen LogP contribution < -0.4 is 10.1 Å². The molecule has 0 fully saturated rings. The average Bonchev–Trinajstić information content (AvgIpc) is 2.37. The number of hydrogen-bond acceptors (Lipinski definition) is 2. The molecular weight excluding hydrogens is 294 g/mol. The van der Waals surface area contributed by atoms with Crippen molar-refractivity contribution >= 4 is 21.8 Å². The Labute approximate surface area is 116 Å². The summed E-state index contributed by atoms with van der Waals surface area (Å²) in [5, 5.41) is 3.00. The molecule has 1 heterocycles. The molecule has 0 bridgehead atoms. The van der Waals surface area contributed by atoms with E-state index in [2.05, 4.69) is 28.2 Å². The molecule has 1 aromatic rings. The largest absolute Gasteiger partial charge is 0.493 e. The Morgan fingerprint density at radius 3 is 3.11 bits per heavy atom. The first-order valence-electron chi connectivity index (χ1n) is 6.32. The summed E-state index contributed by atoms with van der Waals surface area (Å²) >= 11 is 3.48. The van der Waals surface area contributed by atoms with Gasteiger partial charge in [-0.05, 0) is 18.9 Å². The van der Waals surface area contributed by atoms with E-state index in [0.717, 1.165) is 24.2 Å². The lowest BCUT2D eigenvalue weighted by Crippen LogP contribution is -2.33. The molecule has 0 saturated carbocycles. The third-order valence-corrected chi connectivity index (χ3v) is 3.57. The van der Waals surface area contributed by atoms with Crippen molar-refractivity contribution in [1.29, 1.82) is 0 Å². The van der Waals surface area contributed by atoms with Crippen LogP contribution in [0, 0.1) is 0 Å². The van der Waals surface area contributed by atoms with E-state index in [1.54, 1.807) is 0 Å². The molecule has 98 valence electrons. The van der Waals surface area contributed by atoms with E-state index >= 15 is 0 Å². The molecule has 2 atom stereocenters. The summed E-state index contributed by atoms with van der Waals surface area (Å²) in [7, 11) is 0. The number of fused-ring (bicyclic) bond motifs is 1. The Balaban J connectivity index is 1.99. The molecule has 2 unspecified atom stereocenters. The van der Waals surface area contributed by atoms with Gasteiger partial charge in [-0.25, -0.2) is 0 Å². The van der Waals surface area contributed by atoms with Crippen molar-refractivity contribution < 1.29 is 9.53 Å². The number of carbonyl (C=O) groups is 1. The van der Waals surface area contributed by atoms with E-state index in [1.165, 1.54) is 0 Å². The molecule has 1 aliphatic heterocycles.